The second-order valence-electron chi connectivity index (χ2n) is 6.14. The summed E-state index contributed by atoms with van der Waals surface area (Å²) in [6.45, 7) is 1.07. The monoisotopic (exact) mass is 347 g/mol. The lowest BCUT2D eigenvalue weighted by molar-refractivity contribution is -0.114. The zero-order valence-corrected chi connectivity index (χ0v) is 14.7. The smallest absolute Gasteiger partial charge is 0.195 e. The molecule has 0 aliphatic carbocycles. The maximum Gasteiger partial charge on any atom is 0.195 e. The van der Waals surface area contributed by atoms with E-state index in [1.807, 2.05) is 54.4 Å². The number of hydrogen-bond acceptors (Lipinski definition) is 5. The van der Waals surface area contributed by atoms with Crippen molar-refractivity contribution in [2.45, 2.75) is 11.3 Å². The maximum atomic E-state index is 12.9. The highest BCUT2D eigenvalue weighted by Gasteiger charge is 2.29. The molecule has 0 atom stereocenters. The van der Waals surface area contributed by atoms with Gasteiger partial charge in [0.15, 0.2) is 5.78 Å². The summed E-state index contributed by atoms with van der Waals surface area (Å²) in [6, 6.07) is 18.3. The summed E-state index contributed by atoms with van der Waals surface area (Å²) in [5.74, 6) is -0.124. The second-order valence-corrected chi connectivity index (χ2v) is 7.17. The van der Waals surface area contributed by atoms with E-state index in [2.05, 4.69) is 17.0 Å². The predicted octanol–water partition coefficient (Wildman–Crippen LogP) is 3.60. The summed E-state index contributed by atoms with van der Waals surface area (Å²) in [4.78, 5) is 17.9. The quantitative estimate of drug-likeness (QED) is 0.627. The number of thioether (sulfide) groups is 1. The molecule has 0 saturated heterocycles. The molecule has 0 radical (unpaired) electrons. The summed E-state index contributed by atoms with van der Waals surface area (Å²) < 4.78 is 0. The molecule has 2 aromatic carbocycles. The molecule has 2 aliphatic rings. The van der Waals surface area contributed by atoms with Gasteiger partial charge in [-0.1, -0.05) is 42.1 Å². The molecule has 0 unspecified atom stereocenters. The third-order valence-corrected chi connectivity index (χ3v) is 5.90. The molecule has 0 spiro atoms. The van der Waals surface area contributed by atoms with Crippen molar-refractivity contribution in [2.24, 2.45) is 0 Å². The number of Topliss-reactive ketones (excluding diaryl/α,β-unsaturated/α-hetero) is 1. The predicted molar refractivity (Wildman–Crippen MR) is 101 cm³/mol. The fraction of sp³-hybridized carbons (Fsp3) is 0.200. The Morgan fingerprint density at radius 3 is 2.64 bits per heavy atom. The van der Waals surface area contributed by atoms with Crippen LogP contribution in [0.15, 0.2) is 64.0 Å². The van der Waals surface area contributed by atoms with Crippen LogP contribution < -0.4 is 9.80 Å². The van der Waals surface area contributed by atoms with Crippen molar-refractivity contribution in [1.82, 2.24) is 0 Å². The lowest BCUT2D eigenvalue weighted by atomic mass is 10.1. The van der Waals surface area contributed by atoms with Crippen molar-refractivity contribution in [1.29, 1.82) is 5.26 Å². The number of hydrogen-bond donors (Lipinski definition) is 0. The number of rotatable bonds is 3. The van der Waals surface area contributed by atoms with Crippen molar-refractivity contribution < 1.29 is 4.79 Å². The lowest BCUT2D eigenvalue weighted by Crippen LogP contribution is -2.29. The Morgan fingerprint density at radius 1 is 1.16 bits per heavy atom. The largest absolute Gasteiger partial charge is 0.363 e. The molecular weight excluding hydrogens is 330 g/mol. The van der Waals surface area contributed by atoms with Crippen molar-refractivity contribution in [3.63, 3.8) is 0 Å². The van der Waals surface area contributed by atoms with E-state index in [0.717, 1.165) is 34.3 Å². The van der Waals surface area contributed by atoms with Crippen molar-refractivity contribution in [2.75, 3.05) is 29.9 Å². The van der Waals surface area contributed by atoms with Crippen LogP contribution in [0.2, 0.25) is 0 Å². The van der Waals surface area contributed by atoms with Gasteiger partial charge < -0.3 is 9.80 Å². The van der Waals surface area contributed by atoms with Gasteiger partial charge in [-0.25, -0.2) is 0 Å². The first-order chi connectivity index (χ1) is 12.2. The molecule has 5 heteroatoms. The van der Waals surface area contributed by atoms with E-state index < -0.39 is 0 Å². The van der Waals surface area contributed by atoms with Gasteiger partial charge in [-0.05, 0) is 30.2 Å². The molecule has 0 amide bonds. The molecule has 4 nitrogen and oxygen atoms in total. The minimum atomic E-state index is -0.124. The van der Waals surface area contributed by atoms with Crippen molar-refractivity contribution in [3.8, 4) is 6.07 Å². The van der Waals surface area contributed by atoms with E-state index in [1.165, 1.54) is 17.3 Å². The topological polar surface area (TPSA) is 47.3 Å². The number of carbonyl (C=O) groups is 1. The number of nitrogens with zero attached hydrogens (tertiary/aromatic N) is 3. The maximum absolute atomic E-state index is 12.9. The Labute approximate surface area is 151 Å². The molecule has 0 fully saturated rings. The summed E-state index contributed by atoms with van der Waals surface area (Å²) in [5, 5.41) is 10.4. The normalized spacial score (nSPS) is 17.1. The molecule has 0 saturated carbocycles. The minimum Gasteiger partial charge on any atom is -0.363 e. The van der Waals surface area contributed by atoms with Gasteiger partial charge in [-0.15, -0.1) is 0 Å². The minimum absolute atomic E-state index is 0.124. The molecule has 0 N–H and O–H groups in total. The molecular formula is C20H17N3OS. The summed E-state index contributed by atoms with van der Waals surface area (Å²) in [5.41, 5.74) is 3.65. The standard InChI is InChI=1S/C20H17N3OS/c1-22-17-8-4-5-9-19(17)25-20(22)15(12-21)18(24)13-23-11-10-14-6-2-3-7-16(14)23/h2-9H,10-11,13H2,1H3/b20-15-. The molecule has 2 aromatic rings. The fourth-order valence-electron chi connectivity index (χ4n) is 3.37. The van der Waals surface area contributed by atoms with E-state index in [4.69, 9.17) is 0 Å². The SMILES string of the molecule is CN1/C(=C(\C#N)C(=O)CN2CCc3ccccc32)Sc2ccccc21. The zero-order valence-electron chi connectivity index (χ0n) is 13.9. The highest BCUT2D eigenvalue weighted by atomic mass is 32.2. The summed E-state index contributed by atoms with van der Waals surface area (Å²) in [7, 11) is 1.91. The van der Waals surface area contributed by atoms with Crippen LogP contribution in [0.5, 0.6) is 0 Å². The highest BCUT2D eigenvalue weighted by molar-refractivity contribution is 8.03. The van der Waals surface area contributed by atoms with Crippen molar-refractivity contribution >= 4 is 28.9 Å². The molecule has 0 bridgehead atoms. The first-order valence-electron chi connectivity index (χ1n) is 8.20. The Balaban J connectivity index is 1.61. The number of anilines is 2. The number of benzene rings is 2. The van der Waals surface area contributed by atoms with Crippen molar-refractivity contribution in [3.05, 3.63) is 64.7 Å². The van der Waals surface area contributed by atoms with Gasteiger partial charge in [-0.3, -0.25) is 4.79 Å². The van der Waals surface area contributed by atoms with Crippen LogP contribution in [0.4, 0.5) is 11.4 Å². The van der Waals surface area contributed by atoms with Gasteiger partial charge in [-0.2, -0.15) is 5.26 Å². The number of carbonyl (C=O) groups excluding carboxylic acids is 1. The van der Waals surface area contributed by atoms with Crippen LogP contribution in [-0.4, -0.2) is 25.9 Å². The summed E-state index contributed by atoms with van der Waals surface area (Å²) >= 11 is 1.49. The summed E-state index contributed by atoms with van der Waals surface area (Å²) in [6.07, 6.45) is 0.946. The number of ketones is 1. The van der Waals surface area contributed by atoms with Crippen LogP contribution >= 0.6 is 11.8 Å². The number of fused-ring (bicyclic) bond motifs is 2. The first kappa shape index (κ1) is 15.8. The number of nitriles is 1. The van der Waals surface area contributed by atoms with Gasteiger partial charge in [0.1, 0.15) is 16.7 Å². The van der Waals surface area contributed by atoms with Gasteiger partial charge in [0.05, 0.1) is 12.2 Å². The van der Waals surface area contributed by atoms with Crippen LogP contribution in [0.1, 0.15) is 5.56 Å². The Morgan fingerprint density at radius 2 is 1.88 bits per heavy atom. The van der Waals surface area contributed by atoms with E-state index in [0.29, 0.717) is 0 Å². The van der Waals surface area contributed by atoms with Crippen LogP contribution in [0.3, 0.4) is 0 Å². The van der Waals surface area contributed by atoms with E-state index in [-0.39, 0.29) is 17.9 Å². The molecule has 0 aromatic heterocycles. The second kappa shape index (κ2) is 6.30. The highest BCUT2D eigenvalue weighted by Crippen LogP contribution is 2.46. The molecule has 2 heterocycles. The fourth-order valence-corrected chi connectivity index (χ4v) is 4.54. The van der Waals surface area contributed by atoms with Gasteiger partial charge in [0.25, 0.3) is 0 Å². The van der Waals surface area contributed by atoms with Gasteiger partial charge in [0.2, 0.25) is 0 Å². The average Bonchev–Trinajstić information content (AvgIpc) is 3.18. The van der Waals surface area contributed by atoms with Gasteiger partial charge in [0, 0.05) is 24.2 Å². The Bertz CT molecular complexity index is 929. The first-order valence-corrected chi connectivity index (χ1v) is 9.01. The third kappa shape index (κ3) is 2.69. The zero-order chi connectivity index (χ0) is 17.4. The van der Waals surface area contributed by atoms with Crippen LogP contribution in [0.25, 0.3) is 0 Å². The molecule has 2 aliphatic heterocycles. The van der Waals surface area contributed by atoms with Crippen LogP contribution in [0, 0.1) is 11.3 Å². The van der Waals surface area contributed by atoms with E-state index in [1.54, 1.807) is 0 Å². The Hall–Kier alpha value is -2.71. The van der Waals surface area contributed by atoms with Gasteiger partial charge >= 0.3 is 0 Å². The van der Waals surface area contributed by atoms with E-state index in [9.17, 15) is 10.1 Å². The van der Waals surface area contributed by atoms with E-state index >= 15 is 0 Å². The average molecular weight is 347 g/mol. The van der Waals surface area contributed by atoms with Crippen LogP contribution in [-0.2, 0) is 11.2 Å². The molecule has 4 rings (SSSR count). The Kier molecular flexibility index (Phi) is 3.98. The molecule has 25 heavy (non-hydrogen) atoms. The third-order valence-electron chi connectivity index (χ3n) is 4.66. The number of para-hydroxylation sites is 2. The lowest BCUT2D eigenvalue weighted by Gasteiger charge is -2.19. The molecule has 124 valence electrons.